The van der Waals surface area contributed by atoms with Gasteiger partial charge in [0.05, 0.1) is 25.3 Å². The van der Waals surface area contributed by atoms with Gasteiger partial charge in [-0.3, -0.25) is 4.79 Å². The molecule has 0 aliphatic carbocycles. The number of aliphatic hydroxyl groups is 1. The summed E-state index contributed by atoms with van der Waals surface area (Å²) < 4.78 is 5.06. The molecule has 0 amide bonds. The van der Waals surface area contributed by atoms with Crippen LogP contribution in [0.5, 0.6) is 5.75 Å². The minimum absolute atomic E-state index is 0.307. The van der Waals surface area contributed by atoms with E-state index in [1.807, 2.05) is 13.0 Å². The fraction of sp³-hybridized carbons (Fsp3) is 0.364. The average molecular weight is 209 g/mol. The van der Waals surface area contributed by atoms with Gasteiger partial charge in [-0.05, 0) is 19.1 Å². The summed E-state index contributed by atoms with van der Waals surface area (Å²) in [6, 6.07) is 4.38. The number of hydrogen-bond donors (Lipinski definition) is 2. The first-order valence-corrected chi connectivity index (χ1v) is 4.65. The van der Waals surface area contributed by atoms with Gasteiger partial charge in [-0.2, -0.15) is 0 Å². The summed E-state index contributed by atoms with van der Waals surface area (Å²) in [7, 11) is 1.49. The molecule has 0 radical (unpaired) electrons. The minimum Gasteiger partial charge on any atom is -0.496 e. The number of nitrogens with two attached hydrogens (primary N) is 1. The van der Waals surface area contributed by atoms with Crippen molar-refractivity contribution in [3.05, 3.63) is 29.3 Å². The van der Waals surface area contributed by atoms with E-state index in [9.17, 15) is 4.79 Å². The lowest BCUT2D eigenvalue weighted by molar-refractivity contribution is 0.0922. The van der Waals surface area contributed by atoms with E-state index >= 15 is 0 Å². The Labute approximate surface area is 88.7 Å². The van der Waals surface area contributed by atoms with Gasteiger partial charge < -0.3 is 15.6 Å². The third-order valence-electron chi connectivity index (χ3n) is 2.15. The first-order valence-electron chi connectivity index (χ1n) is 4.65. The molecule has 0 bridgehead atoms. The lowest BCUT2D eigenvalue weighted by Crippen LogP contribution is -2.34. The standard InChI is InChI=1S/C11H15NO3/c1-7-3-4-10(15-2)8(5-7)11(14)9(12)6-13/h3-5,9,13H,6,12H2,1-2H3. The first kappa shape index (κ1) is 11.7. The number of hydrogen-bond acceptors (Lipinski definition) is 4. The van der Waals surface area contributed by atoms with Crippen molar-refractivity contribution in [3.63, 3.8) is 0 Å². The molecule has 0 spiro atoms. The van der Waals surface area contributed by atoms with E-state index in [0.717, 1.165) is 5.56 Å². The molecular weight excluding hydrogens is 194 g/mol. The molecule has 0 saturated heterocycles. The molecule has 0 fully saturated rings. The second-order valence-electron chi connectivity index (χ2n) is 3.36. The minimum atomic E-state index is -0.888. The highest BCUT2D eigenvalue weighted by Crippen LogP contribution is 2.20. The zero-order chi connectivity index (χ0) is 11.4. The molecule has 4 heteroatoms. The topological polar surface area (TPSA) is 72.5 Å². The molecule has 1 aromatic carbocycles. The van der Waals surface area contributed by atoms with Crippen LogP contribution in [0.3, 0.4) is 0 Å². The second-order valence-corrected chi connectivity index (χ2v) is 3.36. The van der Waals surface area contributed by atoms with Gasteiger partial charge in [0.2, 0.25) is 0 Å². The van der Waals surface area contributed by atoms with Crippen LogP contribution in [0.15, 0.2) is 18.2 Å². The molecule has 82 valence electrons. The van der Waals surface area contributed by atoms with Crippen LogP contribution in [0.2, 0.25) is 0 Å². The summed E-state index contributed by atoms with van der Waals surface area (Å²) in [4.78, 5) is 11.7. The monoisotopic (exact) mass is 209 g/mol. The fourth-order valence-corrected chi connectivity index (χ4v) is 1.30. The van der Waals surface area contributed by atoms with E-state index in [1.54, 1.807) is 12.1 Å². The van der Waals surface area contributed by atoms with Gasteiger partial charge in [-0.25, -0.2) is 0 Å². The van der Waals surface area contributed by atoms with Crippen molar-refractivity contribution in [2.24, 2.45) is 5.73 Å². The zero-order valence-corrected chi connectivity index (χ0v) is 8.86. The van der Waals surface area contributed by atoms with Crippen molar-refractivity contribution in [1.29, 1.82) is 0 Å². The molecule has 0 aromatic heterocycles. The number of benzene rings is 1. The lowest BCUT2D eigenvalue weighted by Gasteiger charge is -2.11. The van der Waals surface area contributed by atoms with Crippen molar-refractivity contribution in [3.8, 4) is 5.75 Å². The predicted octanol–water partition coefficient (Wildman–Crippen LogP) is 0.506. The Bertz CT molecular complexity index is 363. The number of ether oxygens (including phenoxy) is 1. The largest absolute Gasteiger partial charge is 0.496 e. The van der Waals surface area contributed by atoms with Crippen molar-refractivity contribution in [2.45, 2.75) is 13.0 Å². The van der Waals surface area contributed by atoms with Crippen molar-refractivity contribution >= 4 is 5.78 Å². The zero-order valence-electron chi connectivity index (χ0n) is 8.86. The molecular formula is C11H15NO3. The average Bonchev–Trinajstić information content (AvgIpc) is 2.27. The number of carbonyl (C=O) groups is 1. The molecule has 1 atom stereocenters. The van der Waals surface area contributed by atoms with Crippen LogP contribution in [0, 0.1) is 6.92 Å². The maximum atomic E-state index is 11.7. The van der Waals surface area contributed by atoms with E-state index in [-0.39, 0.29) is 12.4 Å². The van der Waals surface area contributed by atoms with Crippen molar-refractivity contribution < 1.29 is 14.6 Å². The Kier molecular flexibility index (Phi) is 3.82. The van der Waals surface area contributed by atoms with Gasteiger partial charge >= 0.3 is 0 Å². The molecule has 0 heterocycles. The summed E-state index contributed by atoms with van der Waals surface area (Å²) in [6.07, 6.45) is 0. The third-order valence-corrected chi connectivity index (χ3v) is 2.15. The normalized spacial score (nSPS) is 12.3. The molecule has 15 heavy (non-hydrogen) atoms. The lowest BCUT2D eigenvalue weighted by atomic mass is 10.0. The number of aliphatic hydroxyl groups excluding tert-OH is 1. The molecule has 0 aliphatic rings. The summed E-state index contributed by atoms with van der Waals surface area (Å²) >= 11 is 0. The first-order chi connectivity index (χ1) is 7.10. The maximum Gasteiger partial charge on any atom is 0.185 e. The second kappa shape index (κ2) is 4.91. The molecule has 0 saturated carbocycles. The highest BCUT2D eigenvalue weighted by Gasteiger charge is 2.18. The Morgan fingerprint density at radius 2 is 2.27 bits per heavy atom. The van der Waals surface area contributed by atoms with Crippen molar-refractivity contribution in [1.82, 2.24) is 0 Å². The Morgan fingerprint density at radius 3 is 2.80 bits per heavy atom. The van der Waals surface area contributed by atoms with Crippen LogP contribution >= 0.6 is 0 Å². The highest BCUT2D eigenvalue weighted by atomic mass is 16.5. The van der Waals surface area contributed by atoms with E-state index in [4.69, 9.17) is 15.6 Å². The van der Waals surface area contributed by atoms with Crippen LogP contribution < -0.4 is 10.5 Å². The van der Waals surface area contributed by atoms with E-state index in [1.165, 1.54) is 7.11 Å². The van der Waals surface area contributed by atoms with Gasteiger partial charge in [0, 0.05) is 0 Å². The number of carbonyl (C=O) groups excluding carboxylic acids is 1. The van der Waals surface area contributed by atoms with Gasteiger partial charge in [-0.1, -0.05) is 11.6 Å². The molecule has 1 rings (SSSR count). The van der Waals surface area contributed by atoms with Gasteiger partial charge in [0.15, 0.2) is 5.78 Å². The van der Waals surface area contributed by atoms with Crippen LogP contribution in [0.25, 0.3) is 0 Å². The van der Waals surface area contributed by atoms with E-state index in [0.29, 0.717) is 11.3 Å². The number of rotatable bonds is 4. The number of methoxy groups -OCH3 is 1. The fourth-order valence-electron chi connectivity index (χ4n) is 1.30. The van der Waals surface area contributed by atoms with Gasteiger partial charge in [0.25, 0.3) is 0 Å². The maximum absolute atomic E-state index is 11.7. The van der Waals surface area contributed by atoms with Crippen LogP contribution in [0.1, 0.15) is 15.9 Å². The molecule has 1 aromatic rings. The number of Topliss-reactive ketones (excluding diaryl/α,β-unsaturated/α-hetero) is 1. The predicted molar refractivity (Wildman–Crippen MR) is 57.1 cm³/mol. The van der Waals surface area contributed by atoms with Gasteiger partial charge in [-0.15, -0.1) is 0 Å². The molecule has 0 aliphatic heterocycles. The van der Waals surface area contributed by atoms with Crippen LogP contribution in [0.4, 0.5) is 0 Å². The van der Waals surface area contributed by atoms with Crippen molar-refractivity contribution in [2.75, 3.05) is 13.7 Å². The van der Waals surface area contributed by atoms with E-state index in [2.05, 4.69) is 0 Å². The van der Waals surface area contributed by atoms with Gasteiger partial charge in [0.1, 0.15) is 5.75 Å². The summed E-state index contributed by atoms with van der Waals surface area (Å²) in [5.74, 6) is 0.174. The summed E-state index contributed by atoms with van der Waals surface area (Å²) in [5.41, 5.74) is 6.83. The SMILES string of the molecule is COc1ccc(C)cc1C(=O)C(N)CO. The third kappa shape index (κ3) is 2.55. The molecule has 4 nitrogen and oxygen atoms in total. The Morgan fingerprint density at radius 1 is 1.60 bits per heavy atom. The van der Waals surface area contributed by atoms with E-state index < -0.39 is 6.04 Å². The Hall–Kier alpha value is -1.39. The smallest absolute Gasteiger partial charge is 0.185 e. The molecule has 3 N–H and O–H groups in total. The summed E-state index contributed by atoms with van der Waals surface area (Å²) in [6.45, 7) is 1.51. The number of ketones is 1. The summed E-state index contributed by atoms with van der Waals surface area (Å²) in [5, 5.41) is 8.81. The highest BCUT2D eigenvalue weighted by molar-refractivity contribution is 6.02. The molecule has 1 unspecified atom stereocenters. The number of aryl methyl sites for hydroxylation is 1. The quantitative estimate of drug-likeness (QED) is 0.708. The van der Waals surface area contributed by atoms with Crippen LogP contribution in [-0.2, 0) is 0 Å². The Balaban J connectivity index is 3.11. The van der Waals surface area contributed by atoms with Crippen LogP contribution in [-0.4, -0.2) is 30.6 Å².